The van der Waals surface area contributed by atoms with Crippen molar-refractivity contribution in [2.75, 3.05) is 7.11 Å². The molecule has 2 heterocycles. The second-order valence-corrected chi connectivity index (χ2v) is 7.55. The van der Waals surface area contributed by atoms with Gasteiger partial charge in [-0.2, -0.15) is 0 Å². The van der Waals surface area contributed by atoms with E-state index in [9.17, 15) is 4.79 Å². The molecule has 0 atom stereocenters. The molecule has 5 heteroatoms. The number of nitrogens with zero attached hydrogens (tertiary/aromatic N) is 3. The van der Waals surface area contributed by atoms with Crippen molar-refractivity contribution >= 4 is 32.7 Å². The maximum Gasteiger partial charge on any atom is 0.261 e. The monoisotopic (exact) mass is 397 g/mol. The Morgan fingerprint density at radius 1 is 0.933 bits per heavy atom. The standard InChI is InChI=1S/C25H23N3O2/c1-3-14-28-21-7-5-4-6-19(21)23-22(28)13-12-20-24(23)26-16-27(25(20)29)15-17-8-10-18(30-2)11-9-17/h4-13,16H,3,14-15H2,1-2H3. The molecule has 0 N–H and O–H groups in total. The first-order valence-corrected chi connectivity index (χ1v) is 10.2. The van der Waals surface area contributed by atoms with Gasteiger partial charge in [0.05, 0.1) is 36.4 Å². The van der Waals surface area contributed by atoms with Gasteiger partial charge in [0.2, 0.25) is 0 Å². The van der Waals surface area contributed by atoms with Crippen molar-refractivity contribution in [3.05, 3.63) is 82.9 Å². The van der Waals surface area contributed by atoms with Gasteiger partial charge in [0.25, 0.3) is 5.56 Å². The summed E-state index contributed by atoms with van der Waals surface area (Å²) in [6, 6.07) is 20.1. The van der Waals surface area contributed by atoms with Crippen LogP contribution in [0.15, 0.2) is 71.8 Å². The number of hydrogen-bond donors (Lipinski definition) is 0. The summed E-state index contributed by atoms with van der Waals surface area (Å²) in [7, 11) is 1.64. The molecule has 5 nitrogen and oxygen atoms in total. The Morgan fingerprint density at radius 2 is 1.73 bits per heavy atom. The maximum atomic E-state index is 13.3. The lowest BCUT2D eigenvalue weighted by atomic mass is 10.1. The van der Waals surface area contributed by atoms with E-state index in [1.807, 2.05) is 36.4 Å². The number of benzene rings is 3. The Labute approximate surface area is 174 Å². The van der Waals surface area contributed by atoms with Crippen LogP contribution in [0.1, 0.15) is 18.9 Å². The van der Waals surface area contributed by atoms with E-state index in [1.165, 1.54) is 5.52 Å². The van der Waals surface area contributed by atoms with E-state index in [0.717, 1.165) is 46.1 Å². The zero-order valence-electron chi connectivity index (χ0n) is 17.1. The lowest BCUT2D eigenvalue weighted by Gasteiger charge is -2.09. The van der Waals surface area contributed by atoms with E-state index in [0.29, 0.717) is 11.9 Å². The zero-order valence-corrected chi connectivity index (χ0v) is 17.1. The van der Waals surface area contributed by atoms with Gasteiger partial charge in [0, 0.05) is 22.8 Å². The molecule has 5 aromatic rings. The summed E-state index contributed by atoms with van der Waals surface area (Å²) in [6.45, 7) is 3.59. The molecule has 0 aliphatic heterocycles. The van der Waals surface area contributed by atoms with Crippen LogP contribution in [0.2, 0.25) is 0 Å². The average molecular weight is 397 g/mol. The predicted octanol–water partition coefficient (Wildman–Crippen LogP) is 4.97. The minimum Gasteiger partial charge on any atom is -0.497 e. The number of methoxy groups -OCH3 is 1. The fourth-order valence-electron chi connectivity index (χ4n) is 4.27. The molecule has 0 spiro atoms. The van der Waals surface area contributed by atoms with Crippen LogP contribution in [-0.2, 0) is 13.1 Å². The van der Waals surface area contributed by atoms with Crippen molar-refractivity contribution in [3.8, 4) is 5.75 Å². The number of rotatable bonds is 5. The van der Waals surface area contributed by atoms with Gasteiger partial charge in [-0.3, -0.25) is 9.36 Å². The average Bonchev–Trinajstić information content (AvgIpc) is 3.10. The molecule has 0 radical (unpaired) electrons. The van der Waals surface area contributed by atoms with Crippen molar-refractivity contribution in [1.82, 2.24) is 14.1 Å². The van der Waals surface area contributed by atoms with Crippen molar-refractivity contribution in [2.24, 2.45) is 0 Å². The van der Waals surface area contributed by atoms with Crippen molar-refractivity contribution in [1.29, 1.82) is 0 Å². The predicted molar refractivity (Wildman–Crippen MR) is 121 cm³/mol. The van der Waals surface area contributed by atoms with Crippen LogP contribution < -0.4 is 10.3 Å². The molecule has 0 bridgehead atoms. The highest BCUT2D eigenvalue weighted by molar-refractivity contribution is 6.19. The molecule has 150 valence electrons. The zero-order chi connectivity index (χ0) is 20.7. The van der Waals surface area contributed by atoms with Crippen LogP contribution >= 0.6 is 0 Å². The molecular formula is C25H23N3O2. The lowest BCUT2D eigenvalue weighted by Crippen LogP contribution is -2.21. The lowest BCUT2D eigenvalue weighted by molar-refractivity contribution is 0.414. The second kappa shape index (κ2) is 7.34. The summed E-state index contributed by atoms with van der Waals surface area (Å²) in [5, 5.41) is 2.86. The molecule has 30 heavy (non-hydrogen) atoms. The fraction of sp³-hybridized carbons (Fsp3) is 0.200. The van der Waals surface area contributed by atoms with E-state index < -0.39 is 0 Å². The third-order valence-electron chi connectivity index (χ3n) is 5.69. The minimum absolute atomic E-state index is 0.0231. The Balaban J connectivity index is 1.69. The normalized spacial score (nSPS) is 11.5. The molecule has 0 aliphatic carbocycles. The number of hydrogen-bond acceptors (Lipinski definition) is 3. The smallest absolute Gasteiger partial charge is 0.261 e. The van der Waals surface area contributed by atoms with Crippen molar-refractivity contribution < 1.29 is 4.74 Å². The number of para-hydroxylation sites is 1. The van der Waals surface area contributed by atoms with Crippen LogP contribution in [0, 0.1) is 0 Å². The Morgan fingerprint density at radius 3 is 2.50 bits per heavy atom. The second-order valence-electron chi connectivity index (χ2n) is 7.55. The van der Waals surface area contributed by atoms with Gasteiger partial charge in [-0.25, -0.2) is 4.98 Å². The van der Waals surface area contributed by atoms with E-state index in [2.05, 4.69) is 35.8 Å². The van der Waals surface area contributed by atoms with Gasteiger partial charge in [0.1, 0.15) is 5.75 Å². The fourth-order valence-corrected chi connectivity index (χ4v) is 4.27. The van der Waals surface area contributed by atoms with Gasteiger partial charge in [0.15, 0.2) is 0 Å². The molecule has 0 saturated carbocycles. The van der Waals surface area contributed by atoms with Gasteiger partial charge >= 0.3 is 0 Å². The highest BCUT2D eigenvalue weighted by Gasteiger charge is 2.15. The maximum absolute atomic E-state index is 13.3. The molecule has 0 unspecified atom stereocenters. The number of aromatic nitrogens is 3. The first-order chi connectivity index (χ1) is 14.7. The summed E-state index contributed by atoms with van der Waals surface area (Å²) < 4.78 is 9.21. The molecule has 2 aromatic heterocycles. The topological polar surface area (TPSA) is 49.0 Å². The molecule has 0 aliphatic rings. The number of aryl methyl sites for hydroxylation is 1. The van der Waals surface area contributed by atoms with Crippen molar-refractivity contribution in [3.63, 3.8) is 0 Å². The molecule has 0 amide bonds. The van der Waals surface area contributed by atoms with Crippen LogP contribution in [0.25, 0.3) is 32.7 Å². The summed E-state index contributed by atoms with van der Waals surface area (Å²) in [5.74, 6) is 0.800. The third kappa shape index (κ3) is 2.86. The van der Waals surface area contributed by atoms with Crippen LogP contribution in [-0.4, -0.2) is 21.2 Å². The molecule has 0 saturated heterocycles. The van der Waals surface area contributed by atoms with E-state index in [-0.39, 0.29) is 5.56 Å². The van der Waals surface area contributed by atoms with Crippen LogP contribution in [0.4, 0.5) is 0 Å². The third-order valence-corrected chi connectivity index (χ3v) is 5.69. The quantitative estimate of drug-likeness (QED) is 0.421. The Hall–Kier alpha value is -3.60. The highest BCUT2D eigenvalue weighted by Crippen LogP contribution is 2.33. The summed E-state index contributed by atoms with van der Waals surface area (Å²) >= 11 is 0. The first kappa shape index (κ1) is 18.4. The molecule has 3 aromatic carbocycles. The highest BCUT2D eigenvalue weighted by atomic mass is 16.5. The largest absolute Gasteiger partial charge is 0.497 e. The van der Waals surface area contributed by atoms with E-state index >= 15 is 0 Å². The SMILES string of the molecule is CCCn1c2ccccc2c2c3ncn(Cc4ccc(OC)cc4)c(=O)c3ccc21. The van der Waals surface area contributed by atoms with E-state index in [4.69, 9.17) is 9.72 Å². The minimum atomic E-state index is -0.0231. The molecule has 5 rings (SSSR count). The molecule has 0 fully saturated rings. The van der Waals surface area contributed by atoms with Gasteiger partial charge in [-0.1, -0.05) is 37.3 Å². The van der Waals surface area contributed by atoms with Crippen LogP contribution in [0.3, 0.4) is 0 Å². The van der Waals surface area contributed by atoms with Gasteiger partial charge in [-0.05, 0) is 42.3 Å². The number of ether oxygens (including phenoxy) is 1. The summed E-state index contributed by atoms with van der Waals surface area (Å²) in [4.78, 5) is 18.0. The Kier molecular flexibility index (Phi) is 4.51. The van der Waals surface area contributed by atoms with Gasteiger partial charge < -0.3 is 9.30 Å². The Bertz CT molecular complexity index is 1430. The number of fused-ring (bicyclic) bond motifs is 5. The van der Waals surface area contributed by atoms with Crippen LogP contribution in [0.5, 0.6) is 5.75 Å². The van der Waals surface area contributed by atoms with Crippen molar-refractivity contribution in [2.45, 2.75) is 26.4 Å². The van der Waals surface area contributed by atoms with E-state index in [1.54, 1.807) is 18.0 Å². The molecular weight excluding hydrogens is 374 g/mol. The summed E-state index contributed by atoms with van der Waals surface area (Å²) in [6.07, 6.45) is 2.71. The first-order valence-electron chi connectivity index (χ1n) is 10.2. The summed E-state index contributed by atoms with van der Waals surface area (Å²) in [5.41, 5.74) is 4.09. The van der Waals surface area contributed by atoms with Gasteiger partial charge in [-0.15, -0.1) is 0 Å².